The van der Waals surface area contributed by atoms with E-state index in [1.807, 2.05) is 0 Å². The molecule has 2 aromatic rings. The highest BCUT2D eigenvalue weighted by atomic mass is 19.1. The molecule has 4 nitrogen and oxygen atoms in total. The molecule has 2 rings (SSSR count). The van der Waals surface area contributed by atoms with E-state index in [1.54, 1.807) is 24.3 Å². The van der Waals surface area contributed by atoms with Crippen molar-refractivity contribution in [1.29, 1.82) is 0 Å². The van der Waals surface area contributed by atoms with Crippen molar-refractivity contribution in [1.82, 2.24) is 0 Å². The molecule has 0 atom stereocenters. The molecule has 0 bridgehead atoms. The van der Waals surface area contributed by atoms with Crippen molar-refractivity contribution in [2.75, 3.05) is 11.1 Å². The zero-order valence-corrected chi connectivity index (χ0v) is 10.8. The lowest BCUT2D eigenvalue weighted by molar-refractivity contribution is 0.101. The predicted octanol–water partition coefficient (Wildman–Crippen LogP) is 2.86. The van der Waals surface area contributed by atoms with Crippen LogP contribution in [0.25, 0.3) is 0 Å². The van der Waals surface area contributed by atoms with E-state index in [1.165, 1.54) is 19.1 Å². The number of nitrogen functional groups attached to an aromatic ring is 1. The molecule has 0 aromatic heterocycles. The quantitative estimate of drug-likeness (QED) is 0.666. The van der Waals surface area contributed by atoms with Gasteiger partial charge in [0.25, 0.3) is 5.91 Å². The van der Waals surface area contributed by atoms with Crippen LogP contribution < -0.4 is 11.1 Å². The number of amides is 1. The van der Waals surface area contributed by atoms with Gasteiger partial charge in [-0.2, -0.15) is 0 Å². The number of carbonyl (C=O) groups excluding carboxylic acids is 2. The van der Waals surface area contributed by atoms with Gasteiger partial charge in [-0.25, -0.2) is 4.39 Å². The Bertz CT molecular complexity index is 666. The van der Waals surface area contributed by atoms with Crippen LogP contribution in [0.1, 0.15) is 27.6 Å². The number of Topliss-reactive ketones (excluding diaryl/α,β-unsaturated/α-hetero) is 1. The average Bonchev–Trinajstić information content (AvgIpc) is 2.42. The van der Waals surface area contributed by atoms with Gasteiger partial charge in [-0.3, -0.25) is 9.59 Å². The van der Waals surface area contributed by atoms with Crippen LogP contribution >= 0.6 is 0 Å². The molecule has 5 heteroatoms. The predicted molar refractivity (Wildman–Crippen MR) is 75.2 cm³/mol. The largest absolute Gasteiger partial charge is 0.399 e. The summed E-state index contributed by atoms with van der Waals surface area (Å²) in [5.74, 6) is -1.30. The average molecular weight is 272 g/mol. The molecular formula is C15H13FN2O2. The van der Waals surface area contributed by atoms with Gasteiger partial charge in [-0.1, -0.05) is 0 Å². The van der Waals surface area contributed by atoms with Crippen LogP contribution in [0, 0.1) is 5.82 Å². The highest BCUT2D eigenvalue weighted by Gasteiger charge is 2.12. The van der Waals surface area contributed by atoms with Crippen LogP contribution in [0.4, 0.5) is 15.8 Å². The third kappa shape index (κ3) is 3.00. The number of nitrogens with one attached hydrogen (secondary N) is 1. The fraction of sp³-hybridized carbons (Fsp3) is 0.0667. The van der Waals surface area contributed by atoms with E-state index in [0.717, 1.165) is 6.07 Å². The summed E-state index contributed by atoms with van der Waals surface area (Å²) in [5.41, 5.74) is 6.73. The molecule has 3 N–H and O–H groups in total. The molecule has 0 saturated carbocycles. The third-order valence-corrected chi connectivity index (χ3v) is 2.78. The van der Waals surface area contributed by atoms with Gasteiger partial charge in [-0.05, 0) is 49.4 Å². The number of anilines is 2. The van der Waals surface area contributed by atoms with Crippen molar-refractivity contribution < 1.29 is 14.0 Å². The topological polar surface area (TPSA) is 72.2 Å². The number of benzene rings is 2. The molecule has 102 valence electrons. The lowest BCUT2D eigenvalue weighted by atomic mass is 10.1. The summed E-state index contributed by atoms with van der Waals surface area (Å²) in [4.78, 5) is 23.1. The smallest absolute Gasteiger partial charge is 0.258 e. The van der Waals surface area contributed by atoms with E-state index in [-0.39, 0.29) is 11.3 Å². The summed E-state index contributed by atoms with van der Waals surface area (Å²) >= 11 is 0. The van der Waals surface area contributed by atoms with Crippen LogP contribution in [0.3, 0.4) is 0 Å². The zero-order valence-electron chi connectivity index (χ0n) is 10.8. The first-order chi connectivity index (χ1) is 9.47. The Morgan fingerprint density at radius 1 is 1.10 bits per heavy atom. The van der Waals surface area contributed by atoms with Crippen LogP contribution in [0.15, 0.2) is 42.5 Å². The van der Waals surface area contributed by atoms with Crippen molar-refractivity contribution >= 4 is 23.1 Å². The monoisotopic (exact) mass is 272 g/mol. The van der Waals surface area contributed by atoms with Gasteiger partial charge in [-0.15, -0.1) is 0 Å². The van der Waals surface area contributed by atoms with Gasteiger partial charge in [0.15, 0.2) is 5.78 Å². The van der Waals surface area contributed by atoms with Crippen LogP contribution in [-0.2, 0) is 0 Å². The number of hydrogen-bond donors (Lipinski definition) is 2. The van der Waals surface area contributed by atoms with Gasteiger partial charge < -0.3 is 11.1 Å². The number of rotatable bonds is 3. The standard InChI is InChI=1S/C15H13FN2O2/c1-9(19)10-2-5-12(6-3-10)18-15(20)13-8-11(17)4-7-14(13)16/h2-8H,17H2,1H3,(H,18,20). The SMILES string of the molecule is CC(=O)c1ccc(NC(=O)c2cc(N)ccc2F)cc1. The summed E-state index contributed by atoms with van der Waals surface area (Å²) in [6, 6.07) is 10.1. The van der Waals surface area contributed by atoms with Gasteiger partial charge in [0.2, 0.25) is 0 Å². The van der Waals surface area contributed by atoms with Crippen molar-refractivity contribution in [3.8, 4) is 0 Å². The fourth-order valence-corrected chi connectivity index (χ4v) is 1.70. The first-order valence-corrected chi connectivity index (χ1v) is 5.95. The number of hydrogen-bond acceptors (Lipinski definition) is 3. The molecule has 0 radical (unpaired) electrons. The number of carbonyl (C=O) groups is 2. The summed E-state index contributed by atoms with van der Waals surface area (Å²) in [6.45, 7) is 1.45. The van der Waals surface area contributed by atoms with Gasteiger partial charge in [0, 0.05) is 16.9 Å². The van der Waals surface area contributed by atoms with E-state index in [9.17, 15) is 14.0 Å². The zero-order chi connectivity index (χ0) is 14.7. The summed E-state index contributed by atoms with van der Waals surface area (Å²) < 4.78 is 13.5. The van der Waals surface area contributed by atoms with Crippen molar-refractivity contribution in [3.63, 3.8) is 0 Å². The van der Waals surface area contributed by atoms with Gasteiger partial charge in [0.05, 0.1) is 5.56 Å². The molecule has 0 saturated heterocycles. The highest BCUT2D eigenvalue weighted by Crippen LogP contribution is 2.15. The van der Waals surface area contributed by atoms with Crippen LogP contribution in [0.2, 0.25) is 0 Å². The molecule has 0 aliphatic carbocycles. The number of ketones is 1. The Balaban J connectivity index is 2.19. The molecule has 0 heterocycles. The molecule has 20 heavy (non-hydrogen) atoms. The second-order valence-electron chi connectivity index (χ2n) is 4.33. The summed E-state index contributed by atoms with van der Waals surface area (Å²) in [7, 11) is 0. The maximum absolute atomic E-state index is 13.5. The Kier molecular flexibility index (Phi) is 3.79. The second-order valence-corrected chi connectivity index (χ2v) is 4.33. The Morgan fingerprint density at radius 3 is 2.35 bits per heavy atom. The van der Waals surface area contributed by atoms with Crippen LogP contribution in [0.5, 0.6) is 0 Å². The van der Waals surface area contributed by atoms with E-state index >= 15 is 0 Å². The molecule has 0 aliphatic rings. The van der Waals surface area contributed by atoms with Crippen molar-refractivity contribution in [2.45, 2.75) is 6.92 Å². The van der Waals surface area contributed by atoms with E-state index < -0.39 is 11.7 Å². The molecule has 0 aliphatic heterocycles. The summed E-state index contributed by atoms with van der Waals surface area (Å²) in [6.07, 6.45) is 0. The van der Waals surface area contributed by atoms with E-state index in [2.05, 4.69) is 5.32 Å². The Hall–Kier alpha value is -2.69. The minimum Gasteiger partial charge on any atom is -0.399 e. The first kappa shape index (κ1) is 13.7. The Labute approximate surface area is 115 Å². The molecule has 0 spiro atoms. The lowest BCUT2D eigenvalue weighted by Crippen LogP contribution is -2.14. The molecule has 2 aromatic carbocycles. The molecule has 0 fully saturated rings. The summed E-state index contributed by atoms with van der Waals surface area (Å²) in [5, 5.41) is 2.55. The third-order valence-electron chi connectivity index (χ3n) is 2.78. The highest BCUT2D eigenvalue weighted by molar-refractivity contribution is 6.05. The van der Waals surface area contributed by atoms with Gasteiger partial charge >= 0.3 is 0 Å². The minimum atomic E-state index is -0.642. The fourth-order valence-electron chi connectivity index (χ4n) is 1.70. The van der Waals surface area contributed by atoms with Gasteiger partial charge in [0.1, 0.15) is 5.82 Å². The first-order valence-electron chi connectivity index (χ1n) is 5.95. The molecular weight excluding hydrogens is 259 g/mol. The molecule has 0 unspecified atom stereocenters. The van der Waals surface area contributed by atoms with E-state index in [0.29, 0.717) is 16.9 Å². The minimum absolute atomic E-state index is 0.0650. The second kappa shape index (κ2) is 5.52. The normalized spacial score (nSPS) is 10.1. The van der Waals surface area contributed by atoms with Crippen molar-refractivity contribution in [2.24, 2.45) is 0 Å². The maximum Gasteiger partial charge on any atom is 0.258 e. The van der Waals surface area contributed by atoms with E-state index in [4.69, 9.17) is 5.73 Å². The van der Waals surface area contributed by atoms with Crippen LogP contribution in [-0.4, -0.2) is 11.7 Å². The van der Waals surface area contributed by atoms with Crippen molar-refractivity contribution in [3.05, 3.63) is 59.4 Å². The molecule has 1 amide bonds. The maximum atomic E-state index is 13.5. The number of nitrogens with two attached hydrogens (primary N) is 1. The lowest BCUT2D eigenvalue weighted by Gasteiger charge is -2.07. The Morgan fingerprint density at radius 2 is 1.75 bits per heavy atom. The number of halogens is 1.